The van der Waals surface area contributed by atoms with Gasteiger partial charge in [-0.15, -0.1) is 0 Å². The van der Waals surface area contributed by atoms with Crippen LogP contribution in [0.2, 0.25) is 0 Å². The summed E-state index contributed by atoms with van der Waals surface area (Å²) in [5, 5.41) is 2.92. The van der Waals surface area contributed by atoms with Crippen molar-refractivity contribution in [1.82, 2.24) is 10.9 Å². The molecule has 7 nitrogen and oxygen atoms in total. The molecule has 3 N–H and O–H groups in total. The Kier molecular flexibility index (Phi) is 9.51. The Morgan fingerprint density at radius 1 is 1.03 bits per heavy atom. The Morgan fingerprint density at radius 2 is 1.74 bits per heavy atom. The van der Waals surface area contributed by atoms with E-state index in [1.807, 2.05) is 18.2 Å². The zero-order valence-electron chi connectivity index (χ0n) is 19.7. The van der Waals surface area contributed by atoms with Gasteiger partial charge in [0.1, 0.15) is 5.75 Å². The molecule has 1 unspecified atom stereocenters. The third-order valence-electron chi connectivity index (χ3n) is 6.20. The first-order chi connectivity index (χ1) is 16.4. The van der Waals surface area contributed by atoms with Crippen LogP contribution in [0.15, 0.2) is 46.9 Å². The summed E-state index contributed by atoms with van der Waals surface area (Å²) in [6.07, 6.45) is 6.27. The molecule has 1 fully saturated rings. The average Bonchev–Trinajstić information content (AvgIpc) is 2.86. The number of hydrazine groups is 1. The van der Waals surface area contributed by atoms with Crippen LogP contribution in [0.1, 0.15) is 74.2 Å². The van der Waals surface area contributed by atoms with E-state index in [-0.39, 0.29) is 18.4 Å². The zero-order chi connectivity index (χ0) is 24.5. The Labute approximate surface area is 209 Å². The van der Waals surface area contributed by atoms with Crippen LogP contribution in [0.4, 0.5) is 5.69 Å². The number of carbonyl (C=O) groups excluding carboxylic acids is 3. The Morgan fingerprint density at radius 3 is 2.38 bits per heavy atom. The van der Waals surface area contributed by atoms with Crippen molar-refractivity contribution in [1.29, 1.82) is 0 Å². The summed E-state index contributed by atoms with van der Waals surface area (Å²) < 4.78 is 6.33. The summed E-state index contributed by atoms with van der Waals surface area (Å²) >= 11 is 3.48. The fourth-order valence-electron chi connectivity index (χ4n) is 3.87. The van der Waals surface area contributed by atoms with Crippen molar-refractivity contribution in [2.75, 3.05) is 11.9 Å². The number of amides is 3. The minimum absolute atomic E-state index is 0.0327. The third-order valence-corrected chi connectivity index (χ3v) is 6.82. The minimum Gasteiger partial charge on any atom is -0.483 e. The maximum absolute atomic E-state index is 12.4. The van der Waals surface area contributed by atoms with Gasteiger partial charge in [-0.3, -0.25) is 25.2 Å². The number of halogens is 1. The molecular weight excluding hydrogens is 498 g/mol. The number of hydrogen-bond donors (Lipinski definition) is 3. The smallest absolute Gasteiger partial charge is 0.276 e. The van der Waals surface area contributed by atoms with Crippen LogP contribution in [0.25, 0.3) is 0 Å². The quantitative estimate of drug-likeness (QED) is 0.403. The van der Waals surface area contributed by atoms with Crippen LogP contribution >= 0.6 is 15.9 Å². The molecular formula is C26H32BrN3O4. The molecule has 34 heavy (non-hydrogen) atoms. The molecule has 1 atom stereocenters. The second-order valence-electron chi connectivity index (χ2n) is 8.69. The minimum atomic E-state index is -0.484. The molecule has 8 heteroatoms. The van der Waals surface area contributed by atoms with Crippen molar-refractivity contribution in [3.05, 3.63) is 58.1 Å². The van der Waals surface area contributed by atoms with Crippen LogP contribution in [-0.4, -0.2) is 24.3 Å². The lowest BCUT2D eigenvalue weighted by atomic mass is 9.88. The number of rotatable bonds is 8. The van der Waals surface area contributed by atoms with Crippen molar-refractivity contribution in [2.45, 2.75) is 58.3 Å². The molecule has 3 amide bonds. The summed E-state index contributed by atoms with van der Waals surface area (Å²) in [6.45, 7) is 4.04. The average molecular weight is 530 g/mol. The summed E-state index contributed by atoms with van der Waals surface area (Å²) in [6, 6.07) is 12.4. The number of carbonyl (C=O) groups is 3. The van der Waals surface area contributed by atoms with E-state index < -0.39 is 11.8 Å². The second kappa shape index (κ2) is 12.6. The molecule has 2 aromatic carbocycles. The standard InChI is InChI=1S/C26H32BrN3O4/c1-3-17(2)20-11-14-23(22(27)15-20)34-16-24(31)29-30-26(33)19-9-12-21(13-10-19)28-25(32)18-7-5-4-6-8-18/h9-15,17-18H,3-8,16H2,1-2H3,(H,28,32)(H,29,31)(H,30,33). The lowest BCUT2D eigenvalue weighted by Gasteiger charge is -2.20. The Balaban J connectivity index is 1.43. The summed E-state index contributed by atoms with van der Waals surface area (Å²) in [5.41, 5.74) is 6.93. The van der Waals surface area contributed by atoms with Crippen LogP contribution in [0.5, 0.6) is 5.75 Å². The summed E-state index contributed by atoms with van der Waals surface area (Å²) in [5.74, 6) is 0.142. The molecule has 1 saturated carbocycles. The van der Waals surface area contributed by atoms with Crippen LogP contribution in [-0.2, 0) is 9.59 Å². The van der Waals surface area contributed by atoms with Crippen molar-refractivity contribution in [2.24, 2.45) is 5.92 Å². The van der Waals surface area contributed by atoms with Crippen molar-refractivity contribution in [3.63, 3.8) is 0 Å². The van der Waals surface area contributed by atoms with Crippen LogP contribution in [0, 0.1) is 5.92 Å². The molecule has 0 heterocycles. The molecule has 2 aromatic rings. The van der Waals surface area contributed by atoms with E-state index in [9.17, 15) is 14.4 Å². The van der Waals surface area contributed by atoms with Crippen molar-refractivity contribution >= 4 is 39.3 Å². The summed E-state index contributed by atoms with van der Waals surface area (Å²) in [4.78, 5) is 36.8. The predicted molar refractivity (Wildman–Crippen MR) is 136 cm³/mol. The first-order valence-electron chi connectivity index (χ1n) is 11.8. The molecule has 0 aliphatic heterocycles. The number of nitrogens with one attached hydrogen (secondary N) is 3. The van der Waals surface area contributed by atoms with Gasteiger partial charge < -0.3 is 10.1 Å². The monoisotopic (exact) mass is 529 g/mol. The number of hydrogen-bond acceptors (Lipinski definition) is 4. The normalized spacial score (nSPS) is 14.7. The van der Waals surface area contributed by atoms with E-state index in [1.54, 1.807) is 24.3 Å². The SMILES string of the molecule is CCC(C)c1ccc(OCC(=O)NNC(=O)c2ccc(NC(=O)C3CCCCC3)cc2)c(Br)c1. The highest BCUT2D eigenvalue weighted by Crippen LogP contribution is 2.30. The van der Waals surface area contributed by atoms with Crippen LogP contribution in [0.3, 0.4) is 0 Å². The van der Waals surface area contributed by atoms with Crippen LogP contribution < -0.4 is 20.9 Å². The molecule has 0 aromatic heterocycles. The highest BCUT2D eigenvalue weighted by molar-refractivity contribution is 9.10. The Bertz CT molecular complexity index is 1000. The van der Waals surface area contributed by atoms with Crippen molar-refractivity contribution in [3.8, 4) is 5.75 Å². The molecule has 0 saturated heterocycles. The fraction of sp³-hybridized carbons (Fsp3) is 0.423. The highest BCUT2D eigenvalue weighted by atomic mass is 79.9. The van der Waals surface area contributed by atoms with E-state index in [0.29, 0.717) is 22.9 Å². The molecule has 0 radical (unpaired) electrons. The van der Waals surface area contributed by atoms with Gasteiger partial charge >= 0.3 is 0 Å². The van der Waals surface area contributed by atoms with E-state index in [0.717, 1.165) is 36.6 Å². The molecule has 0 bridgehead atoms. The topological polar surface area (TPSA) is 96.5 Å². The zero-order valence-corrected chi connectivity index (χ0v) is 21.2. The van der Waals surface area contributed by atoms with Gasteiger partial charge in [0.25, 0.3) is 11.8 Å². The van der Waals surface area contributed by atoms with Gasteiger partial charge in [-0.2, -0.15) is 0 Å². The lowest BCUT2D eigenvalue weighted by molar-refractivity contribution is -0.124. The number of benzene rings is 2. The molecule has 182 valence electrons. The van der Waals surface area contributed by atoms with Gasteiger partial charge in [0.15, 0.2) is 6.61 Å². The van der Waals surface area contributed by atoms with E-state index >= 15 is 0 Å². The lowest BCUT2D eigenvalue weighted by Crippen LogP contribution is -2.43. The summed E-state index contributed by atoms with van der Waals surface area (Å²) in [7, 11) is 0. The van der Waals surface area contributed by atoms with E-state index in [1.165, 1.54) is 12.0 Å². The first-order valence-corrected chi connectivity index (χ1v) is 12.6. The van der Waals surface area contributed by atoms with Gasteiger partial charge in [0.2, 0.25) is 5.91 Å². The van der Waals surface area contributed by atoms with Gasteiger partial charge in [-0.05, 0) is 83.1 Å². The Hall–Kier alpha value is -2.87. The second-order valence-corrected chi connectivity index (χ2v) is 9.55. The number of anilines is 1. The van der Waals surface area contributed by atoms with Crippen molar-refractivity contribution < 1.29 is 19.1 Å². The van der Waals surface area contributed by atoms with Gasteiger partial charge in [0.05, 0.1) is 4.47 Å². The van der Waals surface area contributed by atoms with Gasteiger partial charge in [0, 0.05) is 17.2 Å². The first kappa shape index (κ1) is 25.7. The molecule has 1 aliphatic rings. The van der Waals surface area contributed by atoms with E-state index in [4.69, 9.17) is 4.74 Å². The number of ether oxygens (including phenoxy) is 1. The van der Waals surface area contributed by atoms with Gasteiger partial charge in [-0.25, -0.2) is 0 Å². The predicted octanol–water partition coefficient (Wildman–Crippen LogP) is 5.32. The van der Waals surface area contributed by atoms with Gasteiger partial charge in [-0.1, -0.05) is 39.2 Å². The molecule has 1 aliphatic carbocycles. The maximum Gasteiger partial charge on any atom is 0.276 e. The largest absolute Gasteiger partial charge is 0.483 e. The van der Waals surface area contributed by atoms with E-state index in [2.05, 4.69) is 45.9 Å². The third kappa shape index (κ3) is 7.32. The highest BCUT2D eigenvalue weighted by Gasteiger charge is 2.21. The fourth-order valence-corrected chi connectivity index (χ4v) is 4.38. The molecule has 0 spiro atoms. The molecule has 3 rings (SSSR count). The maximum atomic E-state index is 12.4.